The van der Waals surface area contributed by atoms with Crippen molar-refractivity contribution in [3.63, 3.8) is 0 Å². The number of nitrogens with one attached hydrogen (secondary N) is 2. The molecule has 0 bridgehead atoms. The second-order valence-corrected chi connectivity index (χ2v) is 9.61. The third-order valence-electron chi connectivity index (χ3n) is 4.65. The molecule has 0 unspecified atom stereocenters. The third kappa shape index (κ3) is 6.93. The monoisotopic (exact) mass is 452 g/mol. The van der Waals surface area contributed by atoms with E-state index >= 15 is 0 Å². The third-order valence-corrected chi connectivity index (χ3v) is 6.13. The van der Waals surface area contributed by atoms with Crippen molar-refractivity contribution in [2.75, 3.05) is 18.5 Å². The number of anilines is 1. The molecule has 3 aromatic carbocycles. The average Bonchev–Trinajstić information content (AvgIpc) is 2.79. The molecule has 0 atom stereocenters. The zero-order valence-electron chi connectivity index (χ0n) is 18.2. The number of sulfonamides is 1. The minimum absolute atomic E-state index is 0.146. The van der Waals surface area contributed by atoms with Crippen LogP contribution in [0.25, 0.3) is 0 Å². The molecule has 1 amide bonds. The van der Waals surface area contributed by atoms with E-state index in [1.165, 1.54) is 12.1 Å². The van der Waals surface area contributed by atoms with Crippen molar-refractivity contribution in [2.24, 2.45) is 5.92 Å². The van der Waals surface area contributed by atoms with Gasteiger partial charge in [-0.1, -0.05) is 50.2 Å². The fourth-order valence-electron chi connectivity index (χ4n) is 2.97. The first-order valence-corrected chi connectivity index (χ1v) is 12.0. The van der Waals surface area contributed by atoms with Crippen LogP contribution in [-0.2, 0) is 16.4 Å². The van der Waals surface area contributed by atoms with Gasteiger partial charge in [0.2, 0.25) is 10.0 Å². The number of ether oxygens (including phenoxy) is 1. The second-order valence-electron chi connectivity index (χ2n) is 7.84. The zero-order chi connectivity index (χ0) is 23.0. The molecule has 2 N–H and O–H groups in total. The van der Waals surface area contributed by atoms with Crippen molar-refractivity contribution in [1.82, 2.24) is 4.72 Å². The number of hydrogen-bond donors (Lipinski definition) is 2. The molecule has 32 heavy (non-hydrogen) atoms. The highest BCUT2D eigenvalue weighted by molar-refractivity contribution is 7.89. The maximum absolute atomic E-state index is 12.6. The summed E-state index contributed by atoms with van der Waals surface area (Å²) < 4.78 is 33.3. The zero-order valence-corrected chi connectivity index (χ0v) is 19.1. The minimum Gasteiger partial charge on any atom is -0.493 e. The van der Waals surface area contributed by atoms with E-state index in [4.69, 9.17) is 4.74 Å². The molecule has 7 heteroatoms. The Balaban J connectivity index is 1.58. The van der Waals surface area contributed by atoms with Crippen LogP contribution in [-0.4, -0.2) is 27.5 Å². The van der Waals surface area contributed by atoms with Gasteiger partial charge in [0.25, 0.3) is 5.91 Å². The number of benzene rings is 3. The Bertz CT molecular complexity index is 1130. The van der Waals surface area contributed by atoms with Gasteiger partial charge in [-0.15, -0.1) is 0 Å². The predicted octanol–water partition coefficient (Wildman–Crippen LogP) is 4.49. The molecule has 3 rings (SSSR count). The van der Waals surface area contributed by atoms with Crippen molar-refractivity contribution in [3.8, 4) is 5.75 Å². The summed E-state index contributed by atoms with van der Waals surface area (Å²) in [7, 11) is -3.63. The smallest absolute Gasteiger partial charge is 0.255 e. The Hall–Kier alpha value is -3.16. The summed E-state index contributed by atoms with van der Waals surface area (Å²) in [6.07, 6.45) is 0.605. The molecule has 0 aliphatic heterocycles. The van der Waals surface area contributed by atoms with Crippen molar-refractivity contribution in [1.29, 1.82) is 0 Å². The summed E-state index contributed by atoms with van der Waals surface area (Å²) in [5.41, 5.74) is 2.03. The Kier molecular flexibility index (Phi) is 8.03. The van der Waals surface area contributed by atoms with E-state index in [-0.39, 0.29) is 10.8 Å². The molecule has 168 valence electrons. The van der Waals surface area contributed by atoms with Crippen molar-refractivity contribution >= 4 is 21.6 Å². The first-order valence-electron chi connectivity index (χ1n) is 10.5. The first-order chi connectivity index (χ1) is 15.3. The predicted molar refractivity (Wildman–Crippen MR) is 127 cm³/mol. The minimum atomic E-state index is -3.63. The maximum atomic E-state index is 12.6. The van der Waals surface area contributed by atoms with Crippen LogP contribution in [0.1, 0.15) is 29.8 Å². The van der Waals surface area contributed by atoms with E-state index in [1.54, 1.807) is 30.3 Å². The molecule has 0 aromatic heterocycles. The van der Waals surface area contributed by atoms with Gasteiger partial charge in [0.15, 0.2) is 0 Å². The highest BCUT2D eigenvalue weighted by Gasteiger charge is 2.14. The van der Waals surface area contributed by atoms with Crippen LogP contribution in [0.5, 0.6) is 5.75 Å². The fraction of sp³-hybridized carbons (Fsp3) is 0.240. The maximum Gasteiger partial charge on any atom is 0.255 e. The number of hydrogen-bond acceptors (Lipinski definition) is 4. The van der Waals surface area contributed by atoms with Crippen LogP contribution in [0.4, 0.5) is 5.69 Å². The van der Waals surface area contributed by atoms with Crippen LogP contribution in [0.15, 0.2) is 83.8 Å². The topological polar surface area (TPSA) is 84.5 Å². The molecule has 0 spiro atoms. The second kappa shape index (κ2) is 10.9. The van der Waals surface area contributed by atoms with Gasteiger partial charge in [-0.05, 0) is 60.4 Å². The van der Waals surface area contributed by atoms with Crippen LogP contribution >= 0.6 is 0 Å². The first kappa shape index (κ1) is 23.5. The van der Waals surface area contributed by atoms with Crippen LogP contribution in [0.3, 0.4) is 0 Å². The lowest BCUT2D eigenvalue weighted by Gasteiger charge is -2.11. The summed E-state index contributed by atoms with van der Waals surface area (Å²) in [5, 5.41) is 2.78. The van der Waals surface area contributed by atoms with E-state index in [2.05, 4.69) is 23.9 Å². The lowest BCUT2D eigenvalue weighted by Crippen LogP contribution is -2.26. The van der Waals surface area contributed by atoms with Gasteiger partial charge in [-0.3, -0.25) is 4.79 Å². The molecule has 6 nitrogen and oxygen atoms in total. The fourth-order valence-corrected chi connectivity index (χ4v) is 4.00. The molecule has 0 saturated carbocycles. The molecule has 0 radical (unpaired) electrons. The normalized spacial score (nSPS) is 11.3. The molecular weight excluding hydrogens is 424 g/mol. The molecule has 0 aliphatic rings. The van der Waals surface area contributed by atoms with Crippen molar-refractivity contribution in [3.05, 3.63) is 90.0 Å². The van der Waals surface area contributed by atoms with Crippen molar-refractivity contribution in [2.45, 2.75) is 25.2 Å². The van der Waals surface area contributed by atoms with Crippen LogP contribution in [0.2, 0.25) is 0 Å². The Labute approximate surface area is 189 Å². The standard InChI is InChI=1S/C25H28N2O4S/c1-19(2)18-31-23-10-6-9-21(17-23)25(28)27-22-11-13-24(14-12-22)32(29,30)26-16-15-20-7-4-3-5-8-20/h3-14,17,19,26H,15-16,18H2,1-2H3,(H,27,28). The van der Waals surface area contributed by atoms with Crippen LogP contribution in [0, 0.1) is 5.92 Å². The van der Waals surface area contributed by atoms with Gasteiger partial charge in [-0.25, -0.2) is 13.1 Å². The van der Waals surface area contributed by atoms with E-state index in [9.17, 15) is 13.2 Å². The van der Waals surface area contributed by atoms with Gasteiger partial charge in [0.1, 0.15) is 5.75 Å². The highest BCUT2D eigenvalue weighted by atomic mass is 32.2. The van der Waals surface area contributed by atoms with Crippen LogP contribution < -0.4 is 14.8 Å². The molecule has 0 fully saturated rings. The lowest BCUT2D eigenvalue weighted by molar-refractivity contribution is 0.102. The Morgan fingerprint density at radius 3 is 2.34 bits per heavy atom. The SMILES string of the molecule is CC(C)COc1cccc(C(=O)Nc2ccc(S(=O)(=O)NCCc3ccccc3)cc2)c1. The summed E-state index contributed by atoms with van der Waals surface area (Å²) >= 11 is 0. The van der Waals surface area contributed by atoms with E-state index in [0.717, 1.165) is 5.56 Å². The quantitative estimate of drug-likeness (QED) is 0.475. The number of carbonyl (C=O) groups excluding carboxylic acids is 1. The van der Waals surface area contributed by atoms with E-state index < -0.39 is 10.0 Å². The van der Waals surface area contributed by atoms with Crippen molar-refractivity contribution < 1.29 is 17.9 Å². The molecular formula is C25H28N2O4S. The average molecular weight is 453 g/mol. The van der Waals surface area contributed by atoms with Gasteiger partial charge in [0, 0.05) is 17.8 Å². The summed E-state index contributed by atoms with van der Waals surface area (Å²) in [6.45, 7) is 4.99. The van der Waals surface area contributed by atoms with Gasteiger partial charge in [-0.2, -0.15) is 0 Å². The molecule has 0 saturated heterocycles. The molecule has 0 aliphatic carbocycles. The Morgan fingerprint density at radius 2 is 1.66 bits per heavy atom. The van der Waals surface area contributed by atoms with Gasteiger partial charge >= 0.3 is 0 Å². The van der Waals surface area contributed by atoms with Gasteiger partial charge < -0.3 is 10.1 Å². The summed E-state index contributed by atoms with van der Waals surface area (Å²) in [5.74, 6) is 0.723. The lowest BCUT2D eigenvalue weighted by atomic mass is 10.2. The summed E-state index contributed by atoms with van der Waals surface area (Å²) in [4.78, 5) is 12.7. The van der Waals surface area contributed by atoms with Gasteiger partial charge in [0.05, 0.1) is 11.5 Å². The highest BCUT2D eigenvalue weighted by Crippen LogP contribution is 2.18. The molecule has 3 aromatic rings. The summed E-state index contributed by atoms with van der Waals surface area (Å²) in [6, 6.07) is 22.7. The van der Waals surface area contributed by atoms with E-state index in [1.807, 2.05) is 36.4 Å². The number of amides is 1. The molecule has 0 heterocycles. The number of rotatable bonds is 10. The largest absolute Gasteiger partial charge is 0.493 e. The van der Waals surface area contributed by atoms with E-state index in [0.29, 0.717) is 42.5 Å². The Morgan fingerprint density at radius 1 is 0.938 bits per heavy atom. The number of carbonyl (C=O) groups is 1.